The van der Waals surface area contributed by atoms with Crippen LogP contribution in [-0.4, -0.2) is 23.2 Å². The number of alkyl halides is 3. The zero-order chi connectivity index (χ0) is 18.1. The third kappa shape index (κ3) is 4.02. The SMILES string of the molecule is O=C(NCC1(O)CCc2ccccc2C1)c1cccc(C(F)(F)F)c1. The summed E-state index contributed by atoms with van der Waals surface area (Å²) in [6, 6.07) is 12.0. The standard InChI is InChI=1S/C19H18F3NO2/c20-19(21,22)16-7-3-6-14(10-16)17(24)23-12-18(25)9-8-13-4-1-2-5-15(13)11-18/h1-7,10,25H,8-9,11-12H2,(H,23,24). The molecular formula is C19H18F3NO2. The van der Waals surface area contributed by atoms with Crippen molar-refractivity contribution < 1.29 is 23.1 Å². The van der Waals surface area contributed by atoms with Gasteiger partial charge in [0.15, 0.2) is 0 Å². The van der Waals surface area contributed by atoms with Crippen LogP contribution in [-0.2, 0) is 19.0 Å². The van der Waals surface area contributed by atoms with Gasteiger partial charge in [-0.25, -0.2) is 0 Å². The predicted octanol–water partition coefficient (Wildman–Crippen LogP) is 3.36. The van der Waals surface area contributed by atoms with Crippen molar-refractivity contribution in [2.45, 2.75) is 31.0 Å². The molecule has 1 unspecified atom stereocenters. The number of halogens is 3. The molecule has 0 radical (unpaired) electrons. The number of benzene rings is 2. The maximum Gasteiger partial charge on any atom is 0.416 e. The van der Waals surface area contributed by atoms with Crippen LogP contribution in [0.2, 0.25) is 0 Å². The van der Waals surface area contributed by atoms with E-state index < -0.39 is 23.2 Å². The van der Waals surface area contributed by atoms with Gasteiger partial charge in [-0.2, -0.15) is 13.2 Å². The molecule has 0 aromatic heterocycles. The lowest BCUT2D eigenvalue weighted by molar-refractivity contribution is -0.137. The highest BCUT2D eigenvalue weighted by Gasteiger charge is 2.33. The number of nitrogens with one attached hydrogen (secondary N) is 1. The second-order valence-corrected chi connectivity index (χ2v) is 6.43. The molecule has 2 N–H and O–H groups in total. The van der Waals surface area contributed by atoms with Gasteiger partial charge < -0.3 is 10.4 Å². The molecule has 0 saturated carbocycles. The Hall–Kier alpha value is -2.34. The molecule has 0 saturated heterocycles. The van der Waals surface area contributed by atoms with Gasteiger partial charge in [-0.15, -0.1) is 0 Å². The summed E-state index contributed by atoms with van der Waals surface area (Å²) in [4.78, 5) is 12.2. The Morgan fingerprint density at radius 3 is 2.56 bits per heavy atom. The van der Waals surface area contributed by atoms with Crippen molar-refractivity contribution in [2.24, 2.45) is 0 Å². The van der Waals surface area contributed by atoms with E-state index in [1.165, 1.54) is 17.7 Å². The molecule has 2 aromatic rings. The van der Waals surface area contributed by atoms with Crippen LogP contribution in [0.15, 0.2) is 48.5 Å². The van der Waals surface area contributed by atoms with Crippen LogP contribution < -0.4 is 5.32 Å². The summed E-state index contributed by atoms with van der Waals surface area (Å²) >= 11 is 0. The Balaban J connectivity index is 1.67. The first kappa shape index (κ1) is 17.5. The van der Waals surface area contributed by atoms with E-state index in [-0.39, 0.29) is 12.1 Å². The summed E-state index contributed by atoms with van der Waals surface area (Å²) < 4.78 is 38.2. The highest BCUT2D eigenvalue weighted by Crippen LogP contribution is 2.30. The third-order valence-electron chi connectivity index (χ3n) is 4.53. The second-order valence-electron chi connectivity index (χ2n) is 6.43. The summed E-state index contributed by atoms with van der Waals surface area (Å²) in [6.45, 7) is -0.00356. The molecule has 3 rings (SSSR count). The average Bonchev–Trinajstić information content (AvgIpc) is 2.59. The number of rotatable bonds is 3. The molecule has 0 bridgehead atoms. The van der Waals surface area contributed by atoms with Crippen molar-refractivity contribution in [1.82, 2.24) is 5.32 Å². The van der Waals surface area contributed by atoms with E-state index >= 15 is 0 Å². The van der Waals surface area contributed by atoms with Crippen molar-refractivity contribution in [3.8, 4) is 0 Å². The number of hydrogen-bond donors (Lipinski definition) is 2. The minimum absolute atomic E-state index is 0.00356. The first-order valence-corrected chi connectivity index (χ1v) is 8.01. The molecule has 25 heavy (non-hydrogen) atoms. The number of aliphatic hydroxyl groups is 1. The number of amides is 1. The zero-order valence-corrected chi connectivity index (χ0v) is 13.4. The largest absolute Gasteiger partial charge is 0.416 e. The van der Waals surface area contributed by atoms with Gasteiger partial charge >= 0.3 is 6.18 Å². The number of fused-ring (bicyclic) bond motifs is 1. The molecular weight excluding hydrogens is 331 g/mol. The fraction of sp³-hybridized carbons (Fsp3) is 0.316. The van der Waals surface area contributed by atoms with Crippen molar-refractivity contribution in [3.63, 3.8) is 0 Å². The third-order valence-corrected chi connectivity index (χ3v) is 4.53. The maximum absolute atomic E-state index is 12.7. The first-order valence-electron chi connectivity index (χ1n) is 8.01. The molecule has 1 aliphatic rings. The van der Waals surface area contributed by atoms with Gasteiger partial charge in [0.1, 0.15) is 0 Å². The van der Waals surface area contributed by atoms with Gasteiger partial charge in [0, 0.05) is 18.5 Å². The molecule has 0 fully saturated rings. The Kier molecular flexibility index (Phi) is 4.56. The van der Waals surface area contributed by atoms with Crippen LogP contribution in [0.5, 0.6) is 0 Å². The van der Waals surface area contributed by atoms with Crippen LogP contribution in [0.25, 0.3) is 0 Å². The van der Waals surface area contributed by atoms with Crippen molar-refractivity contribution in [2.75, 3.05) is 6.54 Å². The highest BCUT2D eigenvalue weighted by molar-refractivity contribution is 5.94. The summed E-state index contributed by atoms with van der Waals surface area (Å²) in [7, 11) is 0. The second kappa shape index (κ2) is 6.52. The van der Waals surface area contributed by atoms with E-state index in [1.807, 2.05) is 24.3 Å². The Labute approximate surface area is 143 Å². The van der Waals surface area contributed by atoms with Gasteiger partial charge in [0.2, 0.25) is 0 Å². The van der Waals surface area contributed by atoms with E-state index in [2.05, 4.69) is 5.32 Å². The molecule has 132 valence electrons. The van der Waals surface area contributed by atoms with Crippen molar-refractivity contribution >= 4 is 5.91 Å². The fourth-order valence-corrected chi connectivity index (χ4v) is 3.12. The zero-order valence-electron chi connectivity index (χ0n) is 13.4. The monoisotopic (exact) mass is 349 g/mol. The summed E-state index contributed by atoms with van der Waals surface area (Å²) in [5, 5.41) is 13.3. The topological polar surface area (TPSA) is 49.3 Å². The predicted molar refractivity (Wildman–Crippen MR) is 87.2 cm³/mol. The molecule has 2 aromatic carbocycles. The van der Waals surface area contributed by atoms with Crippen molar-refractivity contribution in [3.05, 3.63) is 70.8 Å². The van der Waals surface area contributed by atoms with Gasteiger partial charge in [-0.05, 0) is 42.2 Å². The van der Waals surface area contributed by atoms with E-state index in [4.69, 9.17) is 0 Å². The fourth-order valence-electron chi connectivity index (χ4n) is 3.12. The van der Waals surface area contributed by atoms with Gasteiger partial charge in [0.05, 0.1) is 11.2 Å². The molecule has 6 heteroatoms. The lowest BCUT2D eigenvalue weighted by Crippen LogP contribution is -2.46. The van der Waals surface area contributed by atoms with Crippen LogP contribution in [0.4, 0.5) is 13.2 Å². The van der Waals surface area contributed by atoms with Crippen LogP contribution in [0, 0.1) is 0 Å². The molecule has 1 amide bonds. The summed E-state index contributed by atoms with van der Waals surface area (Å²) in [6.07, 6.45) is -2.90. The minimum Gasteiger partial charge on any atom is -0.388 e. The molecule has 0 aliphatic heterocycles. The lowest BCUT2D eigenvalue weighted by Gasteiger charge is -2.33. The van der Waals surface area contributed by atoms with Crippen LogP contribution in [0.1, 0.15) is 33.5 Å². The normalized spacial score (nSPS) is 20.0. The van der Waals surface area contributed by atoms with Gasteiger partial charge in [-0.1, -0.05) is 30.3 Å². The number of aryl methyl sites for hydroxylation is 1. The molecule has 0 heterocycles. The number of carbonyl (C=O) groups is 1. The van der Waals surface area contributed by atoms with Gasteiger partial charge in [0.25, 0.3) is 5.91 Å². The Bertz CT molecular complexity index is 788. The maximum atomic E-state index is 12.7. The van der Waals surface area contributed by atoms with Crippen LogP contribution >= 0.6 is 0 Å². The Morgan fingerprint density at radius 1 is 1.12 bits per heavy atom. The molecule has 1 aliphatic carbocycles. The molecule has 0 spiro atoms. The van der Waals surface area contributed by atoms with E-state index in [0.717, 1.165) is 17.7 Å². The van der Waals surface area contributed by atoms with E-state index in [9.17, 15) is 23.1 Å². The van der Waals surface area contributed by atoms with E-state index in [1.54, 1.807) is 0 Å². The Morgan fingerprint density at radius 2 is 1.84 bits per heavy atom. The average molecular weight is 349 g/mol. The van der Waals surface area contributed by atoms with E-state index in [0.29, 0.717) is 19.3 Å². The number of hydrogen-bond acceptors (Lipinski definition) is 2. The summed E-state index contributed by atoms with van der Waals surface area (Å²) in [5.74, 6) is -0.626. The lowest BCUT2D eigenvalue weighted by atomic mass is 9.80. The minimum atomic E-state index is -4.50. The van der Waals surface area contributed by atoms with Crippen LogP contribution in [0.3, 0.4) is 0 Å². The molecule has 3 nitrogen and oxygen atoms in total. The first-order chi connectivity index (χ1) is 11.8. The van der Waals surface area contributed by atoms with Gasteiger partial charge in [-0.3, -0.25) is 4.79 Å². The highest BCUT2D eigenvalue weighted by atomic mass is 19.4. The molecule has 1 atom stereocenters. The quantitative estimate of drug-likeness (QED) is 0.893. The smallest absolute Gasteiger partial charge is 0.388 e. The summed E-state index contributed by atoms with van der Waals surface area (Å²) in [5.41, 5.74) is 0.173. The van der Waals surface area contributed by atoms with Crippen molar-refractivity contribution in [1.29, 1.82) is 0 Å². The number of carbonyl (C=O) groups excluding carboxylic acids is 1.